The number of hydrogen-bond acceptors (Lipinski definition) is 5. The maximum atomic E-state index is 11.1. The van der Waals surface area contributed by atoms with Gasteiger partial charge >= 0.3 is 5.97 Å². The Morgan fingerprint density at radius 2 is 2.18 bits per heavy atom. The third kappa shape index (κ3) is 2.16. The van der Waals surface area contributed by atoms with Crippen molar-refractivity contribution in [3.63, 3.8) is 0 Å². The standard InChI is InChI=1S/C11H11N3O3/c15-5-4-12-10-9-7(11(16)17)2-1-3-8(9)13-6-14-10/h1-3,6,15H,4-5H2,(H,16,17)(H,12,13,14). The zero-order chi connectivity index (χ0) is 12.3. The minimum Gasteiger partial charge on any atom is -0.478 e. The van der Waals surface area contributed by atoms with Gasteiger partial charge in [0.2, 0.25) is 0 Å². The third-order valence-electron chi connectivity index (χ3n) is 2.30. The molecule has 1 aromatic heterocycles. The van der Waals surface area contributed by atoms with Gasteiger partial charge in [-0.1, -0.05) is 6.07 Å². The molecule has 2 aromatic rings. The molecular formula is C11H11N3O3. The number of aromatic nitrogens is 2. The molecule has 3 N–H and O–H groups in total. The molecule has 88 valence electrons. The SMILES string of the molecule is O=C(O)c1cccc2ncnc(NCCO)c12. The second kappa shape index (κ2) is 4.75. The van der Waals surface area contributed by atoms with E-state index < -0.39 is 5.97 Å². The van der Waals surface area contributed by atoms with Crippen LogP contribution in [0, 0.1) is 0 Å². The first kappa shape index (κ1) is 11.3. The van der Waals surface area contributed by atoms with Crippen LogP contribution in [0.15, 0.2) is 24.5 Å². The molecule has 0 spiro atoms. The topological polar surface area (TPSA) is 95.3 Å². The van der Waals surface area contributed by atoms with Crippen molar-refractivity contribution in [3.05, 3.63) is 30.1 Å². The second-order valence-electron chi connectivity index (χ2n) is 3.38. The van der Waals surface area contributed by atoms with Gasteiger partial charge in [0.25, 0.3) is 0 Å². The Bertz CT molecular complexity index is 551. The van der Waals surface area contributed by atoms with Crippen LogP contribution in [0.3, 0.4) is 0 Å². The van der Waals surface area contributed by atoms with E-state index in [-0.39, 0.29) is 12.2 Å². The van der Waals surface area contributed by atoms with Gasteiger partial charge in [0, 0.05) is 6.54 Å². The van der Waals surface area contributed by atoms with Crippen molar-refractivity contribution in [2.45, 2.75) is 0 Å². The summed E-state index contributed by atoms with van der Waals surface area (Å²) in [4.78, 5) is 19.1. The van der Waals surface area contributed by atoms with Gasteiger partial charge in [0.05, 0.1) is 23.1 Å². The van der Waals surface area contributed by atoms with E-state index in [0.29, 0.717) is 23.3 Å². The van der Waals surface area contributed by atoms with E-state index in [1.807, 2.05) is 0 Å². The van der Waals surface area contributed by atoms with Crippen LogP contribution in [0.25, 0.3) is 10.9 Å². The van der Waals surface area contributed by atoms with Gasteiger partial charge in [-0.25, -0.2) is 14.8 Å². The second-order valence-corrected chi connectivity index (χ2v) is 3.38. The molecule has 0 aliphatic carbocycles. The quantitative estimate of drug-likeness (QED) is 0.720. The van der Waals surface area contributed by atoms with E-state index in [9.17, 15) is 4.79 Å². The van der Waals surface area contributed by atoms with Crippen molar-refractivity contribution in [2.24, 2.45) is 0 Å². The van der Waals surface area contributed by atoms with E-state index in [4.69, 9.17) is 10.2 Å². The number of carboxylic acids is 1. The number of anilines is 1. The van der Waals surface area contributed by atoms with Crippen LogP contribution < -0.4 is 5.32 Å². The van der Waals surface area contributed by atoms with Crippen LogP contribution in [0.4, 0.5) is 5.82 Å². The lowest BCUT2D eigenvalue weighted by Crippen LogP contribution is -2.09. The van der Waals surface area contributed by atoms with Gasteiger partial charge in [-0.05, 0) is 12.1 Å². The molecule has 0 bridgehead atoms. The fourth-order valence-electron chi connectivity index (χ4n) is 1.60. The maximum absolute atomic E-state index is 11.1. The van der Waals surface area contributed by atoms with Gasteiger partial charge in [0.1, 0.15) is 12.1 Å². The number of aromatic carboxylic acids is 1. The Labute approximate surface area is 96.9 Å². The summed E-state index contributed by atoms with van der Waals surface area (Å²) in [7, 11) is 0. The van der Waals surface area contributed by atoms with Crippen LogP contribution in [0.1, 0.15) is 10.4 Å². The number of aliphatic hydroxyl groups excluding tert-OH is 1. The van der Waals surface area contributed by atoms with Crippen molar-refractivity contribution in [1.29, 1.82) is 0 Å². The summed E-state index contributed by atoms with van der Waals surface area (Å²) in [6, 6.07) is 4.85. The fraction of sp³-hybridized carbons (Fsp3) is 0.182. The van der Waals surface area contributed by atoms with Crippen molar-refractivity contribution >= 4 is 22.7 Å². The summed E-state index contributed by atoms with van der Waals surface area (Å²) in [6.07, 6.45) is 1.35. The Morgan fingerprint density at radius 1 is 1.35 bits per heavy atom. The lowest BCUT2D eigenvalue weighted by atomic mass is 10.1. The number of aliphatic hydroxyl groups is 1. The number of hydrogen-bond donors (Lipinski definition) is 3. The molecule has 0 aliphatic heterocycles. The summed E-state index contributed by atoms with van der Waals surface area (Å²) in [5.74, 6) is -0.612. The molecule has 2 rings (SSSR count). The molecule has 0 amide bonds. The number of nitrogens with one attached hydrogen (secondary N) is 1. The Morgan fingerprint density at radius 3 is 2.88 bits per heavy atom. The molecule has 0 aliphatic rings. The molecule has 0 fully saturated rings. The molecular weight excluding hydrogens is 222 g/mol. The Hall–Kier alpha value is -2.21. The molecule has 0 saturated heterocycles. The summed E-state index contributed by atoms with van der Waals surface area (Å²) in [5, 5.41) is 21.2. The molecule has 17 heavy (non-hydrogen) atoms. The fourth-order valence-corrected chi connectivity index (χ4v) is 1.60. The Kier molecular flexibility index (Phi) is 3.15. The van der Waals surface area contributed by atoms with Crippen molar-refractivity contribution in [3.8, 4) is 0 Å². The molecule has 0 saturated carbocycles. The van der Waals surface area contributed by atoms with E-state index in [1.165, 1.54) is 12.4 Å². The smallest absolute Gasteiger partial charge is 0.336 e. The van der Waals surface area contributed by atoms with Crippen LogP contribution in [0.5, 0.6) is 0 Å². The molecule has 0 unspecified atom stereocenters. The number of nitrogens with zero attached hydrogens (tertiary/aromatic N) is 2. The van der Waals surface area contributed by atoms with Gasteiger partial charge in [-0.3, -0.25) is 0 Å². The number of carboxylic acid groups (broad SMARTS) is 1. The number of rotatable bonds is 4. The lowest BCUT2D eigenvalue weighted by Gasteiger charge is -2.08. The maximum Gasteiger partial charge on any atom is 0.336 e. The molecule has 6 heteroatoms. The number of carbonyl (C=O) groups is 1. The highest BCUT2D eigenvalue weighted by atomic mass is 16.4. The highest BCUT2D eigenvalue weighted by molar-refractivity contribution is 6.06. The minimum absolute atomic E-state index is 0.0548. The monoisotopic (exact) mass is 233 g/mol. The average Bonchev–Trinajstić information content (AvgIpc) is 2.35. The molecule has 1 heterocycles. The predicted molar refractivity (Wildman–Crippen MR) is 62.1 cm³/mol. The lowest BCUT2D eigenvalue weighted by molar-refractivity contribution is 0.0699. The zero-order valence-corrected chi connectivity index (χ0v) is 8.92. The third-order valence-corrected chi connectivity index (χ3v) is 2.30. The first-order valence-electron chi connectivity index (χ1n) is 5.06. The largest absolute Gasteiger partial charge is 0.478 e. The van der Waals surface area contributed by atoms with Crippen LogP contribution in [-0.4, -0.2) is 39.3 Å². The van der Waals surface area contributed by atoms with Gasteiger partial charge in [0.15, 0.2) is 0 Å². The van der Waals surface area contributed by atoms with E-state index >= 15 is 0 Å². The van der Waals surface area contributed by atoms with Crippen LogP contribution >= 0.6 is 0 Å². The highest BCUT2D eigenvalue weighted by Crippen LogP contribution is 2.23. The average molecular weight is 233 g/mol. The van der Waals surface area contributed by atoms with E-state index in [1.54, 1.807) is 12.1 Å². The van der Waals surface area contributed by atoms with Crippen molar-refractivity contribution < 1.29 is 15.0 Å². The Balaban J connectivity index is 2.62. The summed E-state index contributed by atoms with van der Waals surface area (Å²) < 4.78 is 0. The van der Waals surface area contributed by atoms with Crippen LogP contribution in [-0.2, 0) is 0 Å². The van der Waals surface area contributed by atoms with Crippen LogP contribution in [0.2, 0.25) is 0 Å². The van der Waals surface area contributed by atoms with Crippen molar-refractivity contribution in [1.82, 2.24) is 9.97 Å². The highest BCUT2D eigenvalue weighted by Gasteiger charge is 2.13. The summed E-state index contributed by atoms with van der Waals surface area (Å²) >= 11 is 0. The number of fused-ring (bicyclic) bond motifs is 1. The van der Waals surface area contributed by atoms with E-state index in [2.05, 4.69) is 15.3 Å². The summed E-state index contributed by atoms with van der Waals surface area (Å²) in [5.41, 5.74) is 0.698. The van der Waals surface area contributed by atoms with Crippen molar-refractivity contribution in [2.75, 3.05) is 18.5 Å². The van der Waals surface area contributed by atoms with Gasteiger partial charge in [-0.15, -0.1) is 0 Å². The number of benzene rings is 1. The molecule has 1 aromatic carbocycles. The van der Waals surface area contributed by atoms with E-state index in [0.717, 1.165) is 0 Å². The first-order valence-corrected chi connectivity index (χ1v) is 5.06. The molecule has 0 atom stereocenters. The van der Waals surface area contributed by atoms with Gasteiger partial charge in [-0.2, -0.15) is 0 Å². The molecule has 0 radical (unpaired) electrons. The van der Waals surface area contributed by atoms with Gasteiger partial charge < -0.3 is 15.5 Å². The normalized spacial score (nSPS) is 10.4. The zero-order valence-electron chi connectivity index (χ0n) is 8.92. The minimum atomic E-state index is -1.03. The first-order chi connectivity index (χ1) is 8.24. The predicted octanol–water partition coefficient (Wildman–Crippen LogP) is 0.732. The molecule has 6 nitrogen and oxygen atoms in total. The summed E-state index contributed by atoms with van der Waals surface area (Å²) in [6.45, 7) is 0.251.